The molecule has 1 unspecified atom stereocenters. The van der Waals surface area contributed by atoms with Crippen LogP contribution in [0.3, 0.4) is 0 Å². The molecule has 0 radical (unpaired) electrons. The number of ether oxygens (including phenoxy) is 1. The second-order valence-corrected chi connectivity index (χ2v) is 5.17. The van der Waals surface area contributed by atoms with Crippen LogP contribution in [0.15, 0.2) is 16.6 Å². The predicted molar refractivity (Wildman–Crippen MR) is 70.5 cm³/mol. The van der Waals surface area contributed by atoms with Gasteiger partial charge in [-0.15, -0.1) is 0 Å². The molecule has 3 N–H and O–H groups in total. The average Bonchev–Trinajstić information content (AvgIpc) is 2.33. The van der Waals surface area contributed by atoms with Crippen LogP contribution in [-0.4, -0.2) is 19.8 Å². The van der Waals surface area contributed by atoms with Gasteiger partial charge in [0.15, 0.2) is 0 Å². The molecule has 1 aliphatic rings. The summed E-state index contributed by atoms with van der Waals surface area (Å²) in [6, 6.07) is 3.00. The first-order valence-electron chi connectivity index (χ1n) is 5.73. The maximum Gasteiger partial charge on any atom is 0.139 e. The zero-order chi connectivity index (χ0) is 12.3. The van der Waals surface area contributed by atoms with E-state index in [4.69, 9.17) is 10.5 Å². The van der Waals surface area contributed by atoms with Crippen LogP contribution in [0.5, 0.6) is 0 Å². The topological polar surface area (TPSA) is 47.3 Å². The number of nitrogens with two attached hydrogens (primary N) is 1. The lowest BCUT2D eigenvalue weighted by atomic mass is 10.0. The second kappa shape index (κ2) is 5.69. The van der Waals surface area contributed by atoms with E-state index in [1.54, 1.807) is 6.07 Å². The van der Waals surface area contributed by atoms with Gasteiger partial charge in [-0.05, 0) is 40.8 Å². The van der Waals surface area contributed by atoms with Gasteiger partial charge in [-0.3, -0.25) is 0 Å². The highest BCUT2D eigenvalue weighted by Crippen LogP contribution is 2.27. The molecule has 3 nitrogen and oxygen atoms in total. The van der Waals surface area contributed by atoms with Crippen LogP contribution in [0.2, 0.25) is 0 Å². The number of halogens is 2. The quantitative estimate of drug-likeness (QED) is 0.844. The molecule has 17 heavy (non-hydrogen) atoms. The molecule has 0 amide bonds. The van der Waals surface area contributed by atoms with Gasteiger partial charge in [0.1, 0.15) is 5.82 Å². The van der Waals surface area contributed by atoms with Gasteiger partial charge in [-0.2, -0.15) is 0 Å². The molecule has 1 fully saturated rings. The fourth-order valence-corrected chi connectivity index (χ4v) is 2.30. The standard InChI is InChI=1S/C12H16BrFN2O/c13-9-4-11(15)12(5-10(9)14)16-6-8-2-1-3-17-7-8/h4-5,8,16H,1-3,6-7,15H2. The minimum Gasteiger partial charge on any atom is -0.397 e. The van der Waals surface area contributed by atoms with Crippen molar-refractivity contribution < 1.29 is 9.13 Å². The molecule has 2 rings (SSSR count). The van der Waals surface area contributed by atoms with Gasteiger partial charge in [-0.1, -0.05) is 0 Å². The van der Waals surface area contributed by atoms with Crippen LogP contribution in [0, 0.1) is 11.7 Å². The van der Waals surface area contributed by atoms with Crippen molar-refractivity contribution in [3.8, 4) is 0 Å². The van der Waals surface area contributed by atoms with E-state index >= 15 is 0 Å². The summed E-state index contributed by atoms with van der Waals surface area (Å²) in [4.78, 5) is 0. The summed E-state index contributed by atoms with van der Waals surface area (Å²) < 4.78 is 19.1. The maximum absolute atomic E-state index is 13.4. The summed E-state index contributed by atoms with van der Waals surface area (Å²) >= 11 is 3.11. The largest absolute Gasteiger partial charge is 0.397 e. The smallest absolute Gasteiger partial charge is 0.139 e. The zero-order valence-corrected chi connectivity index (χ0v) is 11.1. The van der Waals surface area contributed by atoms with Gasteiger partial charge in [0, 0.05) is 19.2 Å². The summed E-state index contributed by atoms with van der Waals surface area (Å²) in [5.41, 5.74) is 7.02. The van der Waals surface area contributed by atoms with Crippen LogP contribution in [0.25, 0.3) is 0 Å². The highest BCUT2D eigenvalue weighted by molar-refractivity contribution is 9.10. The number of hydrogen-bond acceptors (Lipinski definition) is 3. The Morgan fingerprint density at radius 1 is 1.53 bits per heavy atom. The SMILES string of the molecule is Nc1cc(Br)c(F)cc1NCC1CCCOC1. The third kappa shape index (κ3) is 3.33. The Morgan fingerprint density at radius 2 is 2.35 bits per heavy atom. The van der Waals surface area contributed by atoms with E-state index in [0.29, 0.717) is 21.8 Å². The summed E-state index contributed by atoms with van der Waals surface area (Å²) in [5.74, 6) is 0.177. The van der Waals surface area contributed by atoms with E-state index in [9.17, 15) is 4.39 Å². The molecular formula is C12H16BrFN2O. The van der Waals surface area contributed by atoms with Gasteiger partial charge >= 0.3 is 0 Å². The van der Waals surface area contributed by atoms with Gasteiger partial charge < -0.3 is 15.8 Å². The van der Waals surface area contributed by atoms with Crippen molar-refractivity contribution in [3.63, 3.8) is 0 Å². The molecule has 94 valence electrons. The Hall–Kier alpha value is -0.810. The molecule has 0 aromatic heterocycles. The highest BCUT2D eigenvalue weighted by Gasteiger charge is 2.14. The molecule has 5 heteroatoms. The lowest BCUT2D eigenvalue weighted by Crippen LogP contribution is -2.24. The Bertz CT molecular complexity index is 394. The Morgan fingerprint density at radius 3 is 3.06 bits per heavy atom. The lowest BCUT2D eigenvalue weighted by Gasteiger charge is -2.23. The first-order valence-corrected chi connectivity index (χ1v) is 6.52. The van der Waals surface area contributed by atoms with Crippen molar-refractivity contribution >= 4 is 27.3 Å². The second-order valence-electron chi connectivity index (χ2n) is 4.32. The zero-order valence-electron chi connectivity index (χ0n) is 9.51. The van der Waals surface area contributed by atoms with E-state index in [2.05, 4.69) is 21.2 Å². The van der Waals surface area contributed by atoms with Crippen LogP contribution >= 0.6 is 15.9 Å². The summed E-state index contributed by atoms with van der Waals surface area (Å²) in [7, 11) is 0. The van der Waals surface area contributed by atoms with Gasteiger partial charge in [-0.25, -0.2) is 4.39 Å². The van der Waals surface area contributed by atoms with Crippen molar-refractivity contribution in [2.45, 2.75) is 12.8 Å². The minimum absolute atomic E-state index is 0.304. The number of anilines is 2. The average molecular weight is 303 g/mol. The van der Waals surface area contributed by atoms with Crippen LogP contribution in [0.1, 0.15) is 12.8 Å². The maximum atomic E-state index is 13.4. The van der Waals surface area contributed by atoms with Crippen LogP contribution in [0.4, 0.5) is 15.8 Å². The summed E-state index contributed by atoms with van der Waals surface area (Å²) in [5, 5.41) is 3.18. The Balaban J connectivity index is 1.96. The first-order chi connectivity index (χ1) is 8.16. The van der Waals surface area contributed by atoms with Crippen LogP contribution in [-0.2, 0) is 4.74 Å². The molecule has 1 aliphatic heterocycles. The third-order valence-corrected chi connectivity index (χ3v) is 3.54. The lowest BCUT2D eigenvalue weighted by molar-refractivity contribution is 0.0595. The fourth-order valence-electron chi connectivity index (χ4n) is 1.94. The molecule has 0 bridgehead atoms. The van der Waals surface area contributed by atoms with Crippen molar-refractivity contribution in [2.24, 2.45) is 5.92 Å². The molecular weight excluding hydrogens is 287 g/mol. The van der Waals surface area contributed by atoms with Crippen molar-refractivity contribution in [1.82, 2.24) is 0 Å². The van der Waals surface area contributed by atoms with Gasteiger partial charge in [0.05, 0.1) is 22.5 Å². The van der Waals surface area contributed by atoms with Crippen molar-refractivity contribution in [3.05, 3.63) is 22.4 Å². The Labute approximate surface area is 109 Å². The molecule has 0 saturated carbocycles. The summed E-state index contributed by atoms with van der Waals surface area (Å²) in [6.45, 7) is 2.39. The van der Waals surface area contributed by atoms with Crippen molar-refractivity contribution in [2.75, 3.05) is 30.8 Å². The van der Waals surface area contributed by atoms with E-state index in [-0.39, 0.29) is 5.82 Å². The first kappa shape index (κ1) is 12.6. The van der Waals surface area contributed by atoms with E-state index in [1.165, 1.54) is 6.07 Å². The number of nitrogens with one attached hydrogen (secondary N) is 1. The minimum atomic E-state index is -0.304. The van der Waals surface area contributed by atoms with Crippen LogP contribution < -0.4 is 11.1 Å². The highest BCUT2D eigenvalue weighted by atomic mass is 79.9. The Kier molecular flexibility index (Phi) is 4.23. The number of nitrogen functional groups attached to an aromatic ring is 1. The van der Waals surface area contributed by atoms with Crippen molar-refractivity contribution in [1.29, 1.82) is 0 Å². The molecule has 1 aromatic rings. The van der Waals surface area contributed by atoms with Gasteiger partial charge in [0.2, 0.25) is 0 Å². The fraction of sp³-hybridized carbons (Fsp3) is 0.500. The molecule has 0 spiro atoms. The number of benzene rings is 1. The van der Waals surface area contributed by atoms with E-state index in [1.807, 2.05) is 0 Å². The molecule has 1 aromatic carbocycles. The van der Waals surface area contributed by atoms with E-state index in [0.717, 1.165) is 32.6 Å². The normalized spacial score (nSPS) is 20.2. The molecule has 0 aliphatic carbocycles. The predicted octanol–water partition coefficient (Wildman–Crippen LogP) is 3.01. The molecule has 1 atom stereocenters. The van der Waals surface area contributed by atoms with Gasteiger partial charge in [0.25, 0.3) is 0 Å². The third-order valence-electron chi connectivity index (χ3n) is 2.93. The monoisotopic (exact) mass is 302 g/mol. The molecule has 1 heterocycles. The number of rotatable bonds is 3. The number of hydrogen-bond donors (Lipinski definition) is 2. The molecule has 1 saturated heterocycles. The summed E-state index contributed by atoms with van der Waals surface area (Å²) in [6.07, 6.45) is 2.24. The van der Waals surface area contributed by atoms with E-state index < -0.39 is 0 Å².